The number of carbonyl (C=O) groups excluding carboxylic acids is 1. The minimum atomic E-state index is -0.751. The molecule has 4 rings (SSSR count). The molecule has 0 fully saturated rings. The van der Waals surface area contributed by atoms with Gasteiger partial charge in [0, 0.05) is 5.56 Å². The molecule has 0 saturated carbocycles. The second kappa shape index (κ2) is 12.0. The molecular weight excluding hydrogens is 504 g/mol. The summed E-state index contributed by atoms with van der Waals surface area (Å²) in [5.41, 5.74) is 1.97. The van der Waals surface area contributed by atoms with Crippen molar-refractivity contribution in [2.75, 3.05) is 26.9 Å². The van der Waals surface area contributed by atoms with Gasteiger partial charge in [-0.2, -0.15) is 0 Å². The van der Waals surface area contributed by atoms with E-state index in [0.29, 0.717) is 56.6 Å². The molecule has 0 N–H and O–H groups in total. The summed E-state index contributed by atoms with van der Waals surface area (Å²) in [5, 5.41) is 0. The van der Waals surface area contributed by atoms with Crippen LogP contribution in [0.2, 0.25) is 0 Å². The number of fused-ring (bicyclic) bond motifs is 1. The largest absolute Gasteiger partial charge is 0.494 e. The fourth-order valence-electron chi connectivity index (χ4n) is 4.27. The summed E-state index contributed by atoms with van der Waals surface area (Å²) >= 11 is 1.25. The van der Waals surface area contributed by atoms with Crippen molar-refractivity contribution in [1.29, 1.82) is 0 Å². The predicted molar refractivity (Wildman–Crippen MR) is 147 cm³/mol. The molecule has 2 heterocycles. The molecule has 9 heteroatoms. The lowest BCUT2D eigenvalue weighted by Gasteiger charge is -2.26. The van der Waals surface area contributed by atoms with Crippen LogP contribution in [0.3, 0.4) is 0 Å². The summed E-state index contributed by atoms with van der Waals surface area (Å²) in [6, 6.07) is 12.1. The van der Waals surface area contributed by atoms with E-state index in [4.69, 9.17) is 18.9 Å². The molecule has 0 radical (unpaired) electrons. The van der Waals surface area contributed by atoms with Crippen molar-refractivity contribution in [3.8, 4) is 17.2 Å². The molecule has 1 aliphatic rings. The molecule has 3 aromatic rings. The van der Waals surface area contributed by atoms with Crippen LogP contribution in [0.1, 0.15) is 37.9 Å². The Labute approximate surface area is 224 Å². The van der Waals surface area contributed by atoms with Crippen molar-refractivity contribution in [3.63, 3.8) is 0 Å². The summed E-state index contributed by atoms with van der Waals surface area (Å²) < 4.78 is 24.4. The average molecular weight is 535 g/mol. The van der Waals surface area contributed by atoms with Crippen LogP contribution >= 0.6 is 11.3 Å². The van der Waals surface area contributed by atoms with E-state index in [2.05, 4.69) is 11.6 Å². The lowest BCUT2D eigenvalue weighted by Crippen LogP contribution is -2.40. The molecule has 8 nitrogen and oxygen atoms in total. The summed E-state index contributed by atoms with van der Waals surface area (Å²) in [5.74, 6) is 1.19. The zero-order valence-corrected chi connectivity index (χ0v) is 22.7. The van der Waals surface area contributed by atoms with Crippen LogP contribution < -0.4 is 29.1 Å². The number of benzene rings is 2. The third-order valence-electron chi connectivity index (χ3n) is 5.87. The molecule has 0 saturated heterocycles. The van der Waals surface area contributed by atoms with Crippen LogP contribution in [0, 0.1) is 0 Å². The van der Waals surface area contributed by atoms with E-state index in [-0.39, 0.29) is 12.2 Å². The van der Waals surface area contributed by atoms with Crippen molar-refractivity contribution in [2.24, 2.45) is 4.99 Å². The second-order valence-electron chi connectivity index (χ2n) is 8.28. The first-order valence-corrected chi connectivity index (χ1v) is 13.1. The van der Waals surface area contributed by atoms with E-state index in [1.54, 1.807) is 49.8 Å². The molecule has 198 valence electrons. The smallest absolute Gasteiger partial charge is 0.338 e. The van der Waals surface area contributed by atoms with Crippen molar-refractivity contribution >= 4 is 23.4 Å². The maximum atomic E-state index is 13.9. The molecule has 1 aromatic heterocycles. The molecule has 0 spiro atoms. The Morgan fingerprint density at radius 3 is 2.61 bits per heavy atom. The van der Waals surface area contributed by atoms with Gasteiger partial charge < -0.3 is 18.9 Å². The van der Waals surface area contributed by atoms with Crippen LogP contribution in [0.25, 0.3) is 6.08 Å². The first-order chi connectivity index (χ1) is 18.4. The molecule has 0 unspecified atom stereocenters. The summed E-state index contributed by atoms with van der Waals surface area (Å²) in [4.78, 5) is 32.1. The molecule has 38 heavy (non-hydrogen) atoms. The number of para-hydroxylation sites is 1. The lowest BCUT2D eigenvalue weighted by molar-refractivity contribution is -0.139. The highest BCUT2D eigenvalue weighted by molar-refractivity contribution is 7.07. The van der Waals surface area contributed by atoms with Crippen LogP contribution in [-0.4, -0.2) is 37.5 Å². The maximum absolute atomic E-state index is 13.9. The van der Waals surface area contributed by atoms with E-state index >= 15 is 0 Å². The van der Waals surface area contributed by atoms with Gasteiger partial charge in [0.2, 0.25) is 0 Å². The van der Waals surface area contributed by atoms with Crippen LogP contribution in [0.5, 0.6) is 17.2 Å². The number of nitrogens with zero attached hydrogens (tertiary/aromatic N) is 2. The number of esters is 1. The van der Waals surface area contributed by atoms with Crippen LogP contribution in [-0.2, 0) is 9.53 Å². The number of allylic oxidation sites excluding steroid dienone is 1. The number of aromatic nitrogens is 1. The summed E-state index contributed by atoms with van der Waals surface area (Å²) in [6.07, 6.45) is 3.43. The van der Waals surface area contributed by atoms with Gasteiger partial charge in [0.15, 0.2) is 16.3 Å². The molecule has 1 aliphatic heterocycles. The lowest BCUT2D eigenvalue weighted by atomic mass is 9.95. The van der Waals surface area contributed by atoms with Gasteiger partial charge in [-0.15, -0.1) is 0 Å². The van der Waals surface area contributed by atoms with E-state index in [0.717, 1.165) is 5.56 Å². The number of carbonyl (C=O) groups is 1. The molecule has 0 amide bonds. The van der Waals surface area contributed by atoms with Gasteiger partial charge in [-0.3, -0.25) is 9.36 Å². The number of rotatable bonds is 10. The minimum absolute atomic E-state index is 0.203. The Morgan fingerprint density at radius 2 is 1.89 bits per heavy atom. The van der Waals surface area contributed by atoms with Gasteiger partial charge in [0.1, 0.15) is 18.4 Å². The number of thiazole rings is 1. The van der Waals surface area contributed by atoms with Crippen LogP contribution in [0.15, 0.2) is 76.2 Å². The van der Waals surface area contributed by atoms with Gasteiger partial charge >= 0.3 is 5.97 Å². The SMILES string of the molecule is C=CCOc1ccc(/C=c2\sc3n(c2=O)[C@H](c2ccccc2OCC)C(C(=O)OCC)=C(C)N=3)cc1OC. The Hall–Kier alpha value is -4.11. The third kappa shape index (κ3) is 5.28. The topological polar surface area (TPSA) is 88.4 Å². The third-order valence-corrected chi connectivity index (χ3v) is 6.86. The molecule has 0 bridgehead atoms. The molecule has 1 atom stereocenters. The molecular formula is C29H30N2O6S. The Bertz CT molecular complexity index is 1570. The monoisotopic (exact) mass is 534 g/mol. The number of hydrogen-bond acceptors (Lipinski definition) is 8. The summed E-state index contributed by atoms with van der Waals surface area (Å²) in [6.45, 7) is 10.0. The standard InChI is InChI=1S/C29H30N2O6S/c1-6-15-37-22-14-13-19(16-23(22)34-5)17-24-27(32)31-26(20-11-9-10-12-21(20)35-7-2)25(28(33)36-8-3)18(4)30-29(31)38-24/h6,9-14,16-17,26H,1,7-8,15H2,2-5H3/b24-17-/t26-/m1/s1. The van der Waals surface area contributed by atoms with Gasteiger partial charge in [-0.25, -0.2) is 9.79 Å². The molecule has 0 aliphatic carbocycles. The minimum Gasteiger partial charge on any atom is -0.494 e. The van der Waals surface area contributed by atoms with E-state index in [1.807, 2.05) is 37.3 Å². The van der Waals surface area contributed by atoms with Gasteiger partial charge in [-0.05, 0) is 50.6 Å². The quantitative estimate of drug-likeness (QED) is 0.291. The first-order valence-electron chi connectivity index (χ1n) is 12.3. The predicted octanol–water partition coefficient (Wildman–Crippen LogP) is 3.77. The Balaban J connectivity index is 1.91. The van der Waals surface area contributed by atoms with Crippen molar-refractivity contribution in [2.45, 2.75) is 26.8 Å². The maximum Gasteiger partial charge on any atom is 0.338 e. The highest BCUT2D eigenvalue weighted by atomic mass is 32.1. The van der Waals surface area contributed by atoms with Gasteiger partial charge in [0.05, 0.1) is 36.1 Å². The van der Waals surface area contributed by atoms with Gasteiger partial charge in [-0.1, -0.05) is 48.3 Å². The van der Waals surface area contributed by atoms with E-state index < -0.39 is 12.0 Å². The highest BCUT2D eigenvalue weighted by Crippen LogP contribution is 2.36. The van der Waals surface area contributed by atoms with Crippen molar-refractivity contribution in [3.05, 3.63) is 97.2 Å². The van der Waals surface area contributed by atoms with E-state index in [1.165, 1.54) is 11.3 Å². The fraction of sp³-hybridized carbons (Fsp3) is 0.276. The van der Waals surface area contributed by atoms with Gasteiger partial charge in [0.25, 0.3) is 5.56 Å². The second-order valence-corrected chi connectivity index (χ2v) is 9.29. The Kier molecular flexibility index (Phi) is 8.48. The molecule has 2 aromatic carbocycles. The number of ether oxygens (including phenoxy) is 4. The summed E-state index contributed by atoms with van der Waals surface area (Å²) in [7, 11) is 1.56. The Morgan fingerprint density at radius 1 is 1.11 bits per heavy atom. The van der Waals surface area contributed by atoms with E-state index in [9.17, 15) is 9.59 Å². The first kappa shape index (κ1) is 26.9. The number of hydrogen-bond donors (Lipinski definition) is 0. The van der Waals surface area contributed by atoms with Crippen LogP contribution in [0.4, 0.5) is 0 Å². The van der Waals surface area contributed by atoms with Crippen molar-refractivity contribution in [1.82, 2.24) is 4.57 Å². The zero-order valence-electron chi connectivity index (χ0n) is 21.9. The normalized spacial score (nSPS) is 14.9. The zero-order chi connectivity index (χ0) is 27.2. The number of methoxy groups -OCH3 is 1. The highest BCUT2D eigenvalue weighted by Gasteiger charge is 2.35. The fourth-order valence-corrected chi connectivity index (χ4v) is 5.32. The average Bonchev–Trinajstić information content (AvgIpc) is 3.21. The van der Waals surface area contributed by atoms with Crippen molar-refractivity contribution < 1.29 is 23.7 Å².